The van der Waals surface area contributed by atoms with Gasteiger partial charge < -0.3 is 14.8 Å². The van der Waals surface area contributed by atoms with Gasteiger partial charge in [-0.2, -0.15) is 0 Å². The van der Waals surface area contributed by atoms with Crippen LogP contribution in [0.2, 0.25) is 5.02 Å². The molecule has 0 bridgehead atoms. The van der Waals surface area contributed by atoms with Gasteiger partial charge in [0.15, 0.2) is 0 Å². The smallest absolute Gasteiger partial charge is 0.130 e. The summed E-state index contributed by atoms with van der Waals surface area (Å²) >= 11 is 6.11. The maximum Gasteiger partial charge on any atom is 0.130 e. The van der Waals surface area contributed by atoms with Crippen LogP contribution in [0.3, 0.4) is 0 Å². The van der Waals surface area contributed by atoms with Gasteiger partial charge in [-0.1, -0.05) is 38.4 Å². The summed E-state index contributed by atoms with van der Waals surface area (Å²) in [7, 11) is 0. The minimum atomic E-state index is -0.347. The Morgan fingerprint density at radius 3 is 2.15 bits per heavy atom. The Morgan fingerprint density at radius 2 is 1.78 bits per heavy atom. The van der Waals surface area contributed by atoms with Crippen LogP contribution in [0.5, 0.6) is 0 Å². The maximum absolute atomic E-state index is 11.8. The van der Waals surface area contributed by atoms with Gasteiger partial charge in [0.25, 0.3) is 0 Å². The molecule has 1 aliphatic heterocycles. The van der Waals surface area contributed by atoms with E-state index in [2.05, 4.69) is 32.6 Å². The van der Waals surface area contributed by atoms with Crippen LogP contribution in [0.25, 0.3) is 0 Å². The number of nitrogens with zero attached hydrogens (tertiary/aromatic N) is 1. The van der Waals surface area contributed by atoms with Gasteiger partial charge in [-0.25, -0.2) is 0 Å². The van der Waals surface area contributed by atoms with Crippen molar-refractivity contribution in [3.63, 3.8) is 0 Å². The highest BCUT2D eigenvalue weighted by atomic mass is 35.5. The molecule has 2 aliphatic rings. The Morgan fingerprint density at radius 1 is 1.22 bits per heavy atom. The van der Waals surface area contributed by atoms with Crippen molar-refractivity contribution in [1.29, 1.82) is 0 Å². The summed E-state index contributed by atoms with van der Waals surface area (Å²) in [6.45, 7) is 14.6. The van der Waals surface area contributed by atoms with Gasteiger partial charge in [-0.15, -0.1) is 0 Å². The monoisotopic (exact) mass is 395 g/mol. The number of aliphatic hydroxyl groups is 1. The van der Waals surface area contributed by atoms with Gasteiger partial charge in [-0.3, -0.25) is 0 Å². The Hall–Kier alpha value is -0.900. The van der Waals surface area contributed by atoms with E-state index in [1.165, 1.54) is 0 Å². The maximum atomic E-state index is 11.8. The summed E-state index contributed by atoms with van der Waals surface area (Å²) in [5, 5.41) is 9.33. The highest BCUT2D eigenvalue weighted by molar-refractivity contribution is 6.30. The topological polar surface area (TPSA) is 40.5 Å². The van der Waals surface area contributed by atoms with Crippen LogP contribution in [0.4, 0.5) is 0 Å². The van der Waals surface area contributed by atoms with E-state index in [-0.39, 0.29) is 11.5 Å². The van der Waals surface area contributed by atoms with Crippen LogP contribution >= 0.6 is 11.6 Å². The minimum absolute atomic E-state index is 0.0417. The number of hydrogen-bond acceptors (Lipinski definition) is 3. The molecule has 0 unspecified atom stereocenters. The Balaban J connectivity index is 0.000000381. The fourth-order valence-corrected chi connectivity index (χ4v) is 4.05. The van der Waals surface area contributed by atoms with Crippen LogP contribution in [0.1, 0.15) is 71.4 Å². The van der Waals surface area contributed by atoms with Gasteiger partial charge >= 0.3 is 0 Å². The van der Waals surface area contributed by atoms with E-state index in [0.29, 0.717) is 11.1 Å². The highest BCUT2D eigenvalue weighted by Crippen LogP contribution is 2.37. The van der Waals surface area contributed by atoms with Crippen molar-refractivity contribution in [2.45, 2.75) is 84.8 Å². The summed E-state index contributed by atoms with van der Waals surface area (Å²) in [5.41, 5.74) is 1.92. The molecule has 1 aliphatic carbocycles. The van der Waals surface area contributed by atoms with Gasteiger partial charge in [0, 0.05) is 11.1 Å². The lowest BCUT2D eigenvalue weighted by Gasteiger charge is -2.41. The van der Waals surface area contributed by atoms with Crippen LogP contribution < -0.4 is 0 Å². The number of aryl methyl sites for hydroxylation is 1. The van der Waals surface area contributed by atoms with Crippen molar-refractivity contribution < 1.29 is 9.90 Å². The van der Waals surface area contributed by atoms with E-state index >= 15 is 0 Å². The lowest BCUT2D eigenvalue weighted by molar-refractivity contribution is -0.114. The Bertz CT molecular complexity index is 568. The first-order valence-corrected chi connectivity index (χ1v) is 10.8. The molecule has 3 nitrogen and oxygen atoms in total. The van der Waals surface area contributed by atoms with Crippen molar-refractivity contribution in [3.8, 4) is 0 Å². The van der Waals surface area contributed by atoms with Crippen LogP contribution in [0.15, 0.2) is 18.2 Å². The van der Waals surface area contributed by atoms with Gasteiger partial charge in [0.2, 0.25) is 0 Å². The van der Waals surface area contributed by atoms with Gasteiger partial charge in [0.05, 0.1) is 11.5 Å². The summed E-state index contributed by atoms with van der Waals surface area (Å²) in [6.07, 6.45) is 5.01. The fraction of sp³-hybridized carbons (Fsp3) is 0.696. The molecular weight excluding hydrogens is 358 g/mol. The third-order valence-corrected chi connectivity index (χ3v) is 5.97. The van der Waals surface area contributed by atoms with Gasteiger partial charge in [-0.05, 0) is 88.7 Å². The SMILES string of the molecule is CC.CC1CC(O)C1.Cc1ccc(Cl)cc1C1(C=O)CCN(C(C)C)CC1. The molecule has 1 N–H and O–H groups in total. The zero-order valence-electron chi connectivity index (χ0n) is 18.0. The number of rotatable bonds is 3. The molecular formula is C23H38ClNO2. The standard InChI is InChI=1S/C16H22ClNO.C5H10O.C2H6/c1-12(2)18-8-6-16(11-19,7-9-18)15-10-14(17)5-4-13(15)3;1-4-2-5(6)3-4;1-2/h4-5,10-12H,6-9H2,1-3H3;4-6H,2-3H2,1H3;1-2H3. The van der Waals surface area contributed by atoms with Crippen molar-refractivity contribution >= 4 is 17.9 Å². The molecule has 1 saturated carbocycles. The fourth-order valence-electron chi connectivity index (χ4n) is 3.88. The lowest BCUT2D eigenvalue weighted by atomic mass is 9.72. The van der Waals surface area contributed by atoms with E-state index in [0.717, 1.165) is 62.1 Å². The molecule has 27 heavy (non-hydrogen) atoms. The molecule has 0 atom stereocenters. The zero-order valence-corrected chi connectivity index (χ0v) is 18.7. The molecule has 1 heterocycles. The molecule has 0 spiro atoms. The third-order valence-electron chi connectivity index (χ3n) is 5.73. The number of carbonyl (C=O) groups is 1. The van der Waals surface area contributed by atoms with Crippen LogP contribution in [-0.2, 0) is 10.2 Å². The van der Waals surface area contributed by atoms with Gasteiger partial charge in [0.1, 0.15) is 6.29 Å². The van der Waals surface area contributed by atoms with E-state index in [1.807, 2.05) is 32.0 Å². The molecule has 154 valence electrons. The number of likely N-dealkylation sites (tertiary alicyclic amines) is 1. The number of aliphatic hydroxyl groups excluding tert-OH is 1. The third kappa shape index (κ3) is 6.58. The Kier molecular flexibility index (Phi) is 10.0. The number of benzene rings is 1. The summed E-state index contributed by atoms with van der Waals surface area (Å²) < 4.78 is 0. The van der Waals surface area contributed by atoms with Crippen molar-refractivity contribution in [2.24, 2.45) is 5.92 Å². The van der Waals surface area contributed by atoms with E-state index in [1.54, 1.807) is 0 Å². The normalized spacial score (nSPS) is 24.0. The lowest BCUT2D eigenvalue weighted by Crippen LogP contribution is -2.46. The number of hydrogen-bond donors (Lipinski definition) is 1. The van der Waals surface area contributed by atoms with Crippen LogP contribution in [0, 0.1) is 12.8 Å². The van der Waals surface area contributed by atoms with E-state index in [9.17, 15) is 4.79 Å². The molecule has 0 amide bonds. The molecule has 2 fully saturated rings. The van der Waals surface area contributed by atoms with Crippen molar-refractivity contribution in [1.82, 2.24) is 4.90 Å². The zero-order chi connectivity index (χ0) is 20.6. The summed E-state index contributed by atoms with van der Waals surface area (Å²) in [6, 6.07) is 6.42. The van der Waals surface area contributed by atoms with E-state index < -0.39 is 0 Å². The number of piperidine rings is 1. The molecule has 4 heteroatoms. The number of halogens is 1. The summed E-state index contributed by atoms with van der Waals surface area (Å²) in [4.78, 5) is 14.2. The molecule has 3 rings (SSSR count). The predicted molar refractivity (Wildman–Crippen MR) is 116 cm³/mol. The Labute approximate surface area is 171 Å². The second-order valence-electron chi connectivity index (χ2n) is 8.09. The second-order valence-corrected chi connectivity index (χ2v) is 8.53. The van der Waals surface area contributed by atoms with E-state index in [4.69, 9.17) is 16.7 Å². The van der Waals surface area contributed by atoms with Crippen molar-refractivity contribution in [3.05, 3.63) is 34.3 Å². The average Bonchev–Trinajstić information content (AvgIpc) is 2.65. The largest absolute Gasteiger partial charge is 0.393 e. The average molecular weight is 396 g/mol. The number of carbonyl (C=O) groups excluding carboxylic acids is 1. The molecule has 1 aromatic rings. The van der Waals surface area contributed by atoms with Crippen molar-refractivity contribution in [2.75, 3.05) is 13.1 Å². The first-order chi connectivity index (χ1) is 12.8. The molecule has 0 aromatic heterocycles. The van der Waals surface area contributed by atoms with Crippen LogP contribution in [-0.4, -0.2) is 41.5 Å². The highest BCUT2D eigenvalue weighted by Gasteiger charge is 2.37. The minimum Gasteiger partial charge on any atom is -0.393 e. The number of aldehydes is 1. The quantitative estimate of drug-likeness (QED) is 0.697. The predicted octanol–water partition coefficient (Wildman–Crippen LogP) is 5.39. The molecule has 1 aromatic carbocycles. The second kappa shape index (κ2) is 11.2. The summed E-state index contributed by atoms with van der Waals surface area (Å²) in [5.74, 6) is 0.792. The molecule has 1 saturated heterocycles. The first-order valence-electron chi connectivity index (χ1n) is 10.4. The molecule has 0 radical (unpaired) electrons. The first kappa shape index (κ1) is 24.1.